The molecule has 1 fully saturated rings. The van der Waals surface area contributed by atoms with Gasteiger partial charge in [-0.25, -0.2) is 0 Å². The first-order valence-electron chi connectivity index (χ1n) is 6.84. The van der Waals surface area contributed by atoms with Gasteiger partial charge in [0, 0.05) is 6.54 Å². The van der Waals surface area contributed by atoms with Crippen molar-refractivity contribution in [3.05, 3.63) is 29.8 Å². The van der Waals surface area contributed by atoms with Crippen molar-refractivity contribution in [1.29, 1.82) is 0 Å². The Bertz CT molecular complexity index is 440. The first-order valence-corrected chi connectivity index (χ1v) is 6.84. The maximum absolute atomic E-state index is 12.3. The topological polar surface area (TPSA) is 67.8 Å². The number of aliphatic hydroxyl groups is 1. The van der Waals surface area contributed by atoms with Crippen molar-refractivity contribution in [2.75, 3.05) is 33.5 Å². The second kappa shape index (κ2) is 6.72. The molecule has 0 radical (unpaired) electrons. The minimum absolute atomic E-state index is 0.00370. The van der Waals surface area contributed by atoms with E-state index in [1.807, 2.05) is 24.3 Å². The van der Waals surface area contributed by atoms with Crippen molar-refractivity contribution in [3.8, 4) is 5.75 Å². The average molecular weight is 279 g/mol. The molecular weight excluding hydrogens is 258 g/mol. The number of carbonyl (C=O) groups is 1. The summed E-state index contributed by atoms with van der Waals surface area (Å²) < 4.78 is 10.2. The Kier molecular flexibility index (Phi) is 4.98. The predicted molar refractivity (Wildman–Crippen MR) is 74.8 cm³/mol. The summed E-state index contributed by atoms with van der Waals surface area (Å²) in [7, 11) is 1.63. The molecule has 1 aliphatic rings. The van der Waals surface area contributed by atoms with Crippen LogP contribution in [0.4, 0.5) is 0 Å². The molecule has 0 spiro atoms. The molecule has 0 bridgehead atoms. The number of rotatable bonds is 8. The summed E-state index contributed by atoms with van der Waals surface area (Å²) in [6.07, 6.45) is 1.76. The van der Waals surface area contributed by atoms with E-state index in [0.717, 1.165) is 24.2 Å². The number of ether oxygens (including phenoxy) is 2. The van der Waals surface area contributed by atoms with Crippen LogP contribution in [0.2, 0.25) is 0 Å². The van der Waals surface area contributed by atoms with Crippen molar-refractivity contribution in [1.82, 2.24) is 5.32 Å². The predicted octanol–water partition coefficient (Wildman–Crippen LogP) is 0.852. The van der Waals surface area contributed by atoms with Gasteiger partial charge in [0.05, 0.1) is 32.3 Å². The van der Waals surface area contributed by atoms with Crippen LogP contribution < -0.4 is 10.1 Å². The third-order valence-corrected chi connectivity index (χ3v) is 3.59. The zero-order chi connectivity index (χ0) is 14.4. The van der Waals surface area contributed by atoms with Gasteiger partial charge in [0.1, 0.15) is 5.75 Å². The Balaban J connectivity index is 1.87. The van der Waals surface area contributed by atoms with Gasteiger partial charge in [-0.1, -0.05) is 12.1 Å². The van der Waals surface area contributed by atoms with Gasteiger partial charge in [0.2, 0.25) is 5.91 Å². The zero-order valence-electron chi connectivity index (χ0n) is 11.7. The van der Waals surface area contributed by atoms with Crippen LogP contribution in [0.3, 0.4) is 0 Å². The smallest absolute Gasteiger partial charge is 0.230 e. The molecule has 1 saturated carbocycles. The second-order valence-corrected chi connectivity index (χ2v) is 4.90. The van der Waals surface area contributed by atoms with Gasteiger partial charge < -0.3 is 19.9 Å². The number of hydrogen-bond acceptors (Lipinski definition) is 4. The Morgan fingerprint density at radius 3 is 2.55 bits per heavy atom. The molecule has 0 atom stereocenters. The van der Waals surface area contributed by atoms with Crippen molar-refractivity contribution in [3.63, 3.8) is 0 Å². The largest absolute Gasteiger partial charge is 0.497 e. The van der Waals surface area contributed by atoms with Gasteiger partial charge in [-0.3, -0.25) is 4.79 Å². The lowest BCUT2D eigenvalue weighted by Crippen LogP contribution is -2.36. The van der Waals surface area contributed by atoms with Crippen molar-refractivity contribution in [2.24, 2.45) is 0 Å². The lowest BCUT2D eigenvalue weighted by molar-refractivity contribution is -0.123. The van der Waals surface area contributed by atoms with Crippen LogP contribution in [0.25, 0.3) is 0 Å². The number of carbonyl (C=O) groups excluding carboxylic acids is 1. The number of aliphatic hydroxyl groups excluding tert-OH is 1. The molecule has 1 aromatic rings. The van der Waals surface area contributed by atoms with E-state index in [1.165, 1.54) is 0 Å². The third kappa shape index (κ3) is 3.29. The van der Waals surface area contributed by atoms with E-state index in [1.54, 1.807) is 7.11 Å². The molecule has 20 heavy (non-hydrogen) atoms. The average Bonchev–Trinajstić information content (AvgIpc) is 3.29. The molecule has 0 aliphatic heterocycles. The first kappa shape index (κ1) is 14.8. The van der Waals surface area contributed by atoms with Crippen LogP contribution in [0.1, 0.15) is 18.4 Å². The van der Waals surface area contributed by atoms with Gasteiger partial charge in [0.25, 0.3) is 0 Å². The number of hydrogen-bond donors (Lipinski definition) is 2. The third-order valence-electron chi connectivity index (χ3n) is 3.59. The van der Waals surface area contributed by atoms with E-state index in [9.17, 15) is 4.79 Å². The fraction of sp³-hybridized carbons (Fsp3) is 0.533. The molecule has 1 aromatic carbocycles. The summed E-state index contributed by atoms with van der Waals surface area (Å²) in [5.74, 6) is 0.845. The summed E-state index contributed by atoms with van der Waals surface area (Å²) in [5, 5.41) is 11.5. The fourth-order valence-electron chi connectivity index (χ4n) is 2.25. The van der Waals surface area contributed by atoms with Crippen LogP contribution in [0.5, 0.6) is 5.75 Å². The van der Waals surface area contributed by atoms with Crippen LogP contribution >= 0.6 is 0 Å². The zero-order valence-corrected chi connectivity index (χ0v) is 11.7. The first-order chi connectivity index (χ1) is 9.73. The lowest BCUT2D eigenvalue weighted by atomic mass is 9.95. The van der Waals surface area contributed by atoms with Gasteiger partial charge in [-0.2, -0.15) is 0 Å². The second-order valence-electron chi connectivity index (χ2n) is 4.90. The minimum atomic E-state index is -0.372. The van der Waals surface area contributed by atoms with Crippen LogP contribution in [0, 0.1) is 0 Å². The minimum Gasteiger partial charge on any atom is -0.497 e. The summed E-state index contributed by atoms with van der Waals surface area (Å²) in [5.41, 5.74) is 0.663. The summed E-state index contributed by atoms with van der Waals surface area (Å²) in [6.45, 7) is 1.20. The lowest BCUT2D eigenvalue weighted by Gasteiger charge is -2.16. The number of amides is 1. The molecule has 5 heteroatoms. The van der Waals surface area contributed by atoms with E-state index in [2.05, 4.69) is 5.32 Å². The molecule has 5 nitrogen and oxygen atoms in total. The maximum atomic E-state index is 12.3. The molecule has 0 heterocycles. The molecule has 0 unspecified atom stereocenters. The quantitative estimate of drug-likeness (QED) is 0.692. The summed E-state index contributed by atoms with van der Waals surface area (Å²) in [4.78, 5) is 12.3. The standard InChI is InChI=1S/C15H21NO4/c1-19-13-4-2-12(3-5-13)15(6-7-15)14(18)16-8-10-20-11-9-17/h2-5,17H,6-11H2,1H3,(H,16,18). The Morgan fingerprint density at radius 1 is 1.30 bits per heavy atom. The highest BCUT2D eigenvalue weighted by atomic mass is 16.5. The van der Waals surface area contributed by atoms with E-state index in [-0.39, 0.29) is 17.9 Å². The van der Waals surface area contributed by atoms with Crippen molar-refractivity contribution < 1.29 is 19.4 Å². The molecule has 2 N–H and O–H groups in total. The number of nitrogens with one attached hydrogen (secondary N) is 1. The SMILES string of the molecule is COc1ccc(C2(C(=O)NCCOCCO)CC2)cc1. The molecule has 1 amide bonds. The van der Waals surface area contributed by atoms with E-state index in [4.69, 9.17) is 14.6 Å². The van der Waals surface area contributed by atoms with Gasteiger partial charge in [-0.05, 0) is 30.5 Å². The highest BCUT2D eigenvalue weighted by Crippen LogP contribution is 2.48. The highest BCUT2D eigenvalue weighted by Gasteiger charge is 2.50. The Hall–Kier alpha value is -1.59. The summed E-state index contributed by atoms with van der Waals surface area (Å²) in [6, 6.07) is 7.67. The fourth-order valence-corrected chi connectivity index (χ4v) is 2.25. The van der Waals surface area contributed by atoms with Crippen LogP contribution in [-0.4, -0.2) is 44.5 Å². The monoisotopic (exact) mass is 279 g/mol. The van der Waals surface area contributed by atoms with Crippen molar-refractivity contribution >= 4 is 5.91 Å². The molecule has 0 aromatic heterocycles. The molecule has 1 aliphatic carbocycles. The van der Waals surface area contributed by atoms with E-state index < -0.39 is 0 Å². The number of benzene rings is 1. The highest BCUT2D eigenvalue weighted by molar-refractivity contribution is 5.91. The molecular formula is C15H21NO4. The van der Waals surface area contributed by atoms with Crippen LogP contribution in [0.15, 0.2) is 24.3 Å². The molecule has 0 saturated heterocycles. The van der Waals surface area contributed by atoms with Gasteiger partial charge >= 0.3 is 0 Å². The molecule has 110 valence electrons. The Labute approximate surface area is 118 Å². The number of methoxy groups -OCH3 is 1. The summed E-state index contributed by atoms with van der Waals surface area (Å²) >= 11 is 0. The van der Waals surface area contributed by atoms with Gasteiger partial charge in [-0.15, -0.1) is 0 Å². The normalized spacial score (nSPS) is 15.7. The van der Waals surface area contributed by atoms with E-state index in [0.29, 0.717) is 19.8 Å². The van der Waals surface area contributed by atoms with Crippen LogP contribution in [-0.2, 0) is 14.9 Å². The van der Waals surface area contributed by atoms with E-state index >= 15 is 0 Å². The Morgan fingerprint density at radius 2 is 2.00 bits per heavy atom. The maximum Gasteiger partial charge on any atom is 0.230 e. The van der Waals surface area contributed by atoms with Crippen molar-refractivity contribution in [2.45, 2.75) is 18.3 Å². The van der Waals surface area contributed by atoms with Gasteiger partial charge in [0.15, 0.2) is 0 Å². The molecule has 2 rings (SSSR count).